The van der Waals surface area contributed by atoms with Gasteiger partial charge < -0.3 is 4.57 Å². The highest BCUT2D eigenvalue weighted by molar-refractivity contribution is 7.99. The number of rotatable bonds is 2. The second-order valence-corrected chi connectivity index (χ2v) is 7.20. The van der Waals surface area contributed by atoms with Crippen molar-refractivity contribution in [2.45, 2.75) is 38.6 Å². The van der Waals surface area contributed by atoms with Crippen molar-refractivity contribution in [1.29, 1.82) is 0 Å². The average molecular weight is 295 g/mol. The van der Waals surface area contributed by atoms with E-state index >= 15 is 0 Å². The van der Waals surface area contributed by atoms with Gasteiger partial charge in [0.2, 0.25) is 0 Å². The fraction of sp³-hybridized carbons (Fsp3) is 0.533. The summed E-state index contributed by atoms with van der Waals surface area (Å²) in [6, 6.07) is 5.00. The second-order valence-electron chi connectivity index (χ2n) is 5.40. The minimum atomic E-state index is -0.0430. The van der Waals surface area contributed by atoms with Crippen molar-refractivity contribution in [3.8, 4) is 0 Å². The molecule has 1 aliphatic rings. The van der Waals surface area contributed by atoms with Gasteiger partial charge in [0.1, 0.15) is 5.82 Å². The molecule has 1 saturated heterocycles. The molecule has 0 radical (unpaired) electrons. The van der Waals surface area contributed by atoms with E-state index in [1.54, 1.807) is 0 Å². The molecular weight excluding hydrogens is 276 g/mol. The van der Waals surface area contributed by atoms with Crippen molar-refractivity contribution in [3.05, 3.63) is 29.1 Å². The van der Waals surface area contributed by atoms with Gasteiger partial charge in [-0.05, 0) is 56.2 Å². The zero-order valence-corrected chi connectivity index (χ0v) is 13.2. The molecule has 2 atom stereocenters. The van der Waals surface area contributed by atoms with Crippen LogP contribution in [0.5, 0.6) is 0 Å². The lowest BCUT2D eigenvalue weighted by Crippen LogP contribution is -2.12. The Labute approximate surface area is 123 Å². The second kappa shape index (κ2) is 5.02. The smallest absolute Gasteiger partial charge is 0.127 e. The number of hydrogen-bond donors (Lipinski definition) is 0. The molecule has 19 heavy (non-hydrogen) atoms. The number of thioether (sulfide) groups is 1. The first kappa shape index (κ1) is 13.3. The van der Waals surface area contributed by atoms with Crippen LogP contribution >= 0.6 is 23.4 Å². The minimum Gasteiger partial charge on any atom is -0.323 e. The van der Waals surface area contributed by atoms with Crippen LogP contribution in [-0.2, 0) is 0 Å². The van der Waals surface area contributed by atoms with Crippen LogP contribution in [0.25, 0.3) is 11.0 Å². The topological polar surface area (TPSA) is 17.8 Å². The molecule has 2 aromatic rings. The Morgan fingerprint density at radius 2 is 2.11 bits per heavy atom. The van der Waals surface area contributed by atoms with Crippen LogP contribution < -0.4 is 0 Å². The molecule has 0 spiro atoms. The van der Waals surface area contributed by atoms with E-state index in [1.807, 2.05) is 18.7 Å². The molecule has 4 heteroatoms. The normalized spacial score (nSPS) is 21.2. The highest BCUT2D eigenvalue weighted by Crippen LogP contribution is 2.35. The summed E-state index contributed by atoms with van der Waals surface area (Å²) in [5.41, 5.74) is 4.96. The Morgan fingerprint density at radius 1 is 1.37 bits per heavy atom. The molecule has 0 aliphatic carbocycles. The van der Waals surface area contributed by atoms with Crippen molar-refractivity contribution >= 4 is 34.4 Å². The van der Waals surface area contributed by atoms with Gasteiger partial charge in [0.05, 0.1) is 16.4 Å². The van der Waals surface area contributed by atoms with E-state index in [1.165, 1.54) is 34.6 Å². The zero-order chi connectivity index (χ0) is 13.6. The van der Waals surface area contributed by atoms with Gasteiger partial charge in [0.15, 0.2) is 0 Å². The number of alkyl halides is 1. The summed E-state index contributed by atoms with van der Waals surface area (Å²) in [7, 11) is 0. The van der Waals surface area contributed by atoms with Gasteiger partial charge in [-0.1, -0.05) is 0 Å². The van der Waals surface area contributed by atoms with E-state index in [-0.39, 0.29) is 5.38 Å². The van der Waals surface area contributed by atoms with Crippen LogP contribution in [0.2, 0.25) is 0 Å². The maximum atomic E-state index is 6.35. The van der Waals surface area contributed by atoms with Gasteiger partial charge in [0.25, 0.3) is 0 Å². The Hall–Kier alpha value is -0.670. The van der Waals surface area contributed by atoms with Crippen LogP contribution in [0.3, 0.4) is 0 Å². The highest BCUT2D eigenvalue weighted by atomic mass is 35.5. The van der Waals surface area contributed by atoms with Crippen molar-refractivity contribution < 1.29 is 0 Å². The summed E-state index contributed by atoms with van der Waals surface area (Å²) in [6.45, 7) is 6.32. The number of halogens is 1. The first-order valence-electron chi connectivity index (χ1n) is 6.79. The van der Waals surface area contributed by atoms with Crippen molar-refractivity contribution in [2.24, 2.45) is 0 Å². The van der Waals surface area contributed by atoms with E-state index in [0.717, 1.165) is 11.3 Å². The van der Waals surface area contributed by atoms with Gasteiger partial charge in [-0.2, -0.15) is 11.8 Å². The summed E-state index contributed by atoms with van der Waals surface area (Å²) >= 11 is 8.37. The van der Waals surface area contributed by atoms with Crippen molar-refractivity contribution in [3.63, 3.8) is 0 Å². The van der Waals surface area contributed by atoms with Crippen LogP contribution in [0.15, 0.2) is 12.1 Å². The van der Waals surface area contributed by atoms with Crippen LogP contribution in [0.4, 0.5) is 0 Å². The molecule has 1 fully saturated rings. The van der Waals surface area contributed by atoms with Crippen molar-refractivity contribution in [1.82, 2.24) is 9.55 Å². The van der Waals surface area contributed by atoms with Crippen LogP contribution in [-0.4, -0.2) is 21.1 Å². The fourth-order valence-electron chi connectivity index (χ4n) is 2.76. The number of aryl methyl sites for hydroxylation is 2. The molecule has 0 amide bonds. The number of fused-ring (bicyclic) bond motifs is 1. The highest BCUT2D eigenvalue weighted by Gasteiger charge is 2.24. The molecule has 1 aromatic heterocycles. The first-order chi connectivity index (χ1) is 9.08. The third-order valence-corrected chi connectivity index (χ3v) is 5.30. The standard InChI is InChI=1S/C15H19ClN2S/c1-9-6-13-14(7-10(9)2)18(12-4-5-19-8-12)15(17-13)11(3)16/h6-7,11-12H,4-5,8H2,1-3H3. The number of aromatic nitrogens is 2. The largest absolute Gasteiger partial charge is 0.323 e. The summed E-state index contributed by atoms with van der Waals surface area (Å²) in [5, 5.41) is -0.0430. The average Bonchev–Trinajstić information content (AvgIpc) is 2.96. The maximum Gasteiger partial charge on any atom is 0.127 e. The molecule has 0 saturated carbocycles. The first-order valence-corrected chi connectivity index (χ1v) is 8.38. The van der Waals surface area contributed by atoms with Crippen molar-refractivity contribution in [2.75, 3.05) is 11.5 Å². The third-order valence-electron chi connectivity index (χ3n) is 3.96. The zero-order valence-electron chi connectivity index (χ0n) is 11.6. The van der Waals surface area contributed by atoms with Gasteiger partial charge in [-0.25, -0.2) is 4.98 Å². The number of nitrogens with zero attached hydrogens (tertiary/aromatic N) is 2. The van der Waals surface area contributed by atoms with Gasteiger partial charge in [0, 0.05) is 11.8 Å². The molecule has 1 aromatic carbocycles. The van der Waals surface area contributed by atoms with E-state index in [9.17, 15) is 0 Å². The van der Waals surface area contributed by atoms with Gasteiger partial charge in [-0.3, -0.25) is 0 Å². The SMILES string of the molecule is Cc1cc2nc(C(C)Cl)n(C3CCSC3)c2cc1C. The van der Waals surface area contributed by atoms with E-state index in [4.69, 9.17) is 16.6 Å². The molecule has 0 N–H and O–H groups in total. The summed E-state index contributed by atoms with van der Waals surface area (Å²) in [4.78, 5) is 4.78. The molecular formula is C15H19ClN2S. The Morgan fingerprint density at radius 3 is 2.74 bits per heavy atom. The number of hydrogen-bond acceptors (Lipinski definition) is 2. The molecule has 102 valence electrons. The van der Waals surface area contributed by atoms with E-state index in [0.29, 0.717) is 6.04 Å². The summed E-state index contributed by atoms with van der Waals surface area (Å²) in [5.74, 6) is 3.44. The molecule has 3 rings (SSSR count). The summed E-state index contributed by atoms with van der Waals surface area (Å²) < 4.78 is 2.39. The lowest BCUT2D eigenvalue weighted by atomic mass is 10.1. The molecule has 2 unspecified atom stereocenters. The predicted octanol–water partition coefficient (Wildman–Crippen LogP) is 4.63. The van der Waals surface area contributed by atoms with E-state index < -0.39 is 0 Å². The molecule has 1 aliphatic heterocycles. The van der Waals surface area contributed by atoms with Crippen LogP contribution in [0, 0.1) is 13.8 Å². The summed E-state index contributed by atoms with van der Waals surface area (Å²) in [6.07, 6.45) is 1.22. The third kappa shape index (κ3) is 2.27. The number of benzene rings is 1. The maximum absolute atomic E-state index is 6.35. The Balaban J connectivity index is 2.25. The predicted molar refractivity (Wildman–Crippen MR) is 84.5 cm³/mol. The molecule has 0 bridgehead atoms. The lowest BCUT2D eigenvalue weighted by molar-refractivity contribution is 0.549. The Bertz CT molecular complexity index is 612. The number of imidazole rings is 1. The van der Waals surface area contributed by atoms with Gasteiger partial charge in [-0.15, -0.1) is 11.6 Å². The Kier molecular flexibility index (Phi) is 3.52. The quantitative estimate of drug-likeness (QED) is 0.752. The monoisotopic (exact) mass is 294 g/mol. The minimum absolute atomic E-state index is 0.0430. The molecule has 2 nitrogen and oxygen atoms in total. The van der Waals surface area contributed by atoms with Gasteiger partial charge >= 0.3 is 0 Å². The molecule has 2 heterocycles. The lowest BCUT2D eigenvalue weighted by Gasteiger charge is -2.17. The van der Waals surface area contributed by atoms with E-state index in [2.05, 4.69) is 30.5 Å². The fourth-order valence-corrected chi connectivity index (χ4v) is 4.11. The van der Waals surface area contributed by atoms with Crippen LogP contribution in [0.1, 0.15) is 41.7 Å².